The van der Waals surface area contributed by atoms with E-state index in [1.54, 1.807) is 0 Å². The van der Waals surface area contributed by atoms with Crippen LogP contribution < -0.4 is 0 Å². The van der Waals surface area contributed by atoms with Crippen molar-refractivity contribution < 1.29 is 0 Å². The molecule has 0 aromatic rings. The molecule has 0 aromatic heterocycles. The van der Waals surface area contributed by atoms with E-state index < -0.39 is 0 Å². The van der Waals surface area contributed by atoms with Gasteiger partial charge in [-0.3, -0.25) is 0 Å². The summed E-state index contributed by atoms with van der Waals surface area (Å²) in [6, 6.07) is 0. The number of hydrogen-bond donors (Lipinski definition) is 1. The van der Waals surface area contributed by atoms with E-state index in [0.717, 1.165) is 5.92 Å². The zero-order chi connectivity index (χ0) is 5.49. The highest BCUT2D eigenvalue weighted by Gasteiger charge is 2.34. The summed E-state index contributed by atoms with van der Waals surface area (Å²) in [5, 5.41) is 0. The van der Waals surface area contributed by atoms with Crippen molar-refractivity contribution in [2.45, 2.75) is 31.4 Å². The molecule has 0 unspecified atom stereocenters. The van der Waals surface area contributed by atoms with E-state index in [9.17, 15) is 0 Å². The molecule has 1 heteroatoms. The molecule has 0 saturated heterocycles. The average Bonchev–Trinajstić information content (AvgIpc) is 1.99. The summed E-state index contributed by atoms with van der Waals surface area (Å²) in [6.45, 7) is 4.38. The molecule has 0 heterocycles. The standard InChI is InChI=1S/C6H12S/c1-6(2,7)5-3-4-5/h5,7H,3-4H2,1-2H3. The van der Waals surface area contributed by atoms with Gasteiger partial charge in [-0.1, -0.05) is 13.8 Å². The molecule has 0 radical (unpaired) electrons. The summed E-state index contributed by atoms with van der Waals surface area (Å²) < 4.78 is 0.306. The zero-order valence-electron chi connectivity index (χ0n) is 4.94. The molecule has 0 amide bonds. The molecule has 1 aliphatic carbocycles. The Morgan fingerprint density at radius 3 is 1.86 bits per heavy atom. The van der Waals surface area contributed by atoms with Crippen molar-refractivity contribution in [1.82, 2.24) is 0 Å². The third kappa shape index (κ3) is 1.37. The van der Waals surface area contributed by atoms with Gasteiger partial charge in [0.15, 0.2) is 0 Å². The smallest absolute Gasteiger partial charge is 0.0101 e. The Kier molecular flexibility index (Phi) is 1.11. The third-order valence-corrected chi connectivity index (χ3v) is 1.94. The summed E-state index contributed by atoms with van der Waals surface area (Å²) >= 11 is 4.41. The van der Waals surface area contributed by atoms with E-state index in [1.807, 2.05) is 0 Å². The molecular formula is C6H12S. The van der Waals surface area contributed by atoms with Gasteiger partial charge < -0.3 is 0 Å². The fourth-order valence-electron chi connectivity index (χ4n) is 0.790. The van der Waals surface area contributed by atoms with Gasteiger partial charge in [0.1, 0.15) is 0 Å². The number of thiol groups is 1. The van der Waals surface area contributed by atoms with Gasteiger partial charge in [-0.05, 0) is 18.8 Å². The van der Waals surface area contributed by atoms with Gasteiger partial charge in [-0.2, -0.15) is 12.6 Å². The third-order valence-electron chi connectivity index (χ3n) is 1.58. The van der Waals surface area contributed by atoms with Crippen molar-refractivity contribution in [3.63, 3.8) is 0 Å². The maximum Gasteiger partial charge on any atom is 0.0101 e. The SMILES string of the molecule is CC(C)(S)C1CC1. The Balaban J connectivity index is 2.36. The first-order valence-electron chi connectivity index (χ1n) is 2.83. The molecule has 0 aliphatic heterocycles. The Morgan fingerprint density at radius 2 is 1.86 bits per heavy atom. The van der Waals surface area contributed by atoms with Crippen molar-refractivity contribution in [3.8, 4) is 0 Å². The van der Waals surface area contributed by atoms with Crippen LogP contribution in [-0.4, -0.2) is 4.75 Å². The minimum absolute atomic E-state index is 0.306. The minimum Gasteiger partial charge on any atom is -0.173 e. The van der Waals surface area contributed by atoms with Gasteiger partial charge in [-0.15, -0.1) is 0 Å². The van der Waals surface area contributed by atoms with Crippen LogP contribution in [0.4, 0.5) is 0 Å². The first-order chi connectivity index (χ1) is 3.11. The van der Waals surface area contributed by atoms with Crippen molar-refractivity contribution in [1.29, 1.82) is 0 Å². The predicted octanol–water partition coefficient (Wildman–Crippen LogP) is 2.10. The van der Waals surface area contributed by atoms with E-state index in [2.05, 4.69) is 26.5 Å². The van der Waals surface area contributed by atoms with Gasteiger partial charge in [0, 0.05) is 4.75 Å². The summed E-state index contributed by atoms with van der Waals surface area (Å²) in [7, 11) is 0. The fraction of sp³-hybridized carbons (Fsp3) is 1.00. The Bertz CT molecular complexity index is 66.7. The highest BCUT2D eigenvalue weighted by atomic mass is 32.1. The predicted molar refractivity (Wildman–Crippen MR) is 35.8 cm³/mol. The molecule has 0 atom stereocenters. The Labute approximate surface area is 50.7 Å². The molecule has 42 valence electrons. The molecule has 7 heavy (non-hydrogen) atoms. The summed E-state index contributed by atoms with van der Waals surface area (Å²) in [5.41, 5.74) is 0. The number of hydrogen-bond acceptors (Lipinski definition) is 1. The zero-order valence-corrected chi connectivity index (χ0v) is 5.83. The van der Waals surface area contributed by atoms with Crippen LogP contribution in [0.25, 0.3) is 0 Å². The maximum atomic E-state index is 4.41. The first kappa shape index (κ1) is 5.49. The van der Waals surface area contributed by atoms with Gasteiger partial charge in [0.25, 0.3) is 0 Å². The molecule has 1 rings (SSSR count). The normalized spacial score (nSPS) is 22.7. The monoisotopic (exact) mass is 116 g/mol. The van der Waals surface area contributed by atoms with Crippen LogP contribution in [0.15, 0.2) is 0 Å². The topological polar surface area (TPSA) is 0 Å². The molecule has 0 nitrogen and oxygen atoms in total. The van der Waals surface area contributed by atoms with E-state index in [-0.39, 0.29) is 0 Å². The van der Waals surface area contributed by atoms with Crippen LogP contribution in [0.2, 0.25) is 0 Å². The molecule has 0 spiro atoms. The fourth-order valence-corrected chi connectivity index (χ4v) is 1.05. The van der Waals surface area contributed by atoms with Crippen LogP contribution in [0.5, 0.6) is 0 Å². The van der Waals surface area contributed by atoms with Crippen molar-refractivity contribution in [3.05, 3.63) is 0 Å². The molecular weight excluding hydrogens is 104 g/mol. The first-order valence-corrected chi connectivity index (χ1v) is 3.28. The van der Waals surface area contributed by atoms with E-state index in [0.29, 0.717) is 4.75 Å². The largest absolute Gasteiger partial charge is 0.173 e. The van der Waals surface area contributed by atoms with Crippen LogP contribution in [0, 0.1) is 5.92 Å². The van der Waals surface area contributed by atoms with Crippen LogP contribution >= 0.6 is 12.6 Å². The molecule has 0 bridgehead atoms. The van der Waals surface area contributed by atoms with E-state index in [4.69, 9.17) is 0 Å². The van der Waals surface area contributed by atoms with E-state index >= 15 is 0 Å². The Morgan fingerprint density at radius 1 is 1.43 bits per heavy atom. The summed E-state index contributed by atoms with van der Waals surface area (Å²) in [4.78, 5) is 0. The number of rotatable bonds is 1. The van der Waals surface area contributed by atoms with Crippen LogP contribution in [0.3, 0.4) is 0 Å². The molecule has 1 aliphatic rings. The maximum absolute atomic E-state index is 4.41. The lowest BCUT2D eigenvalue weighted by Gasteiger charge is -2.14. The lowest BCUT2D eigenvalue weighted by atomic mass is 10.1. The summed E-state index contributed by atoms with van der Waals surface area (Å²) in [5.74, 6) is 0.913. The Hall–Kier alpha value is 0.350. The van der Waals surface area contributed by atoms with Gasteiger partial charge >= 0.3 is 0 Å². The van der Waals surface area contributed by atoms with Gasteiger partial charge in [-0.25, -0.2) is 0 Å². The molecule has 1 fully saturated rings. The highest BCUT2D eigenvalue weighted by Crippen LogP contribution is 2.42. The van der Waals surface area contributed by atoms with Gasteiger partial charge in [0.05, 0.1) is 0 Å². The molecule has 0 N–H and O–H groups in total. The second kappa shape index (κ2) is 1.41. The second-order valence-electron chi connectivity index (χ2n) is 2.93. The molecule has 1 saturated carbocycles. The lowest BCUT2D eigenvalue weighted by Crippen LogP contribution is -2.12. The molecule has 0 aromatic carbocycles. The highest BCUT2D eigenvalue weighted by molar-refractivity contribution is 7.81. The van der Waals surface area contributed by atoms with Crippen molar-refractivity contribution in [2.75, 3.05) is 0 Å². The second-order valence-corrected chi connectivity index (χ2v) is 4.08. The van der Waals surface area contributed by atoms with E-state index in [1.165, 1.54) is 12.8 Å². The van der Waals surface area contributed by atoms with Crippen molar-refractivity contribution in [2.24, 2.45) is 5.92 Å². The summed E-state index contributed by atoms with van der Waals surface area (Å²) in [6.07, 6.45) is 2.80. The lowest BCUT2D eigenvalue weighted by molar-refractivity contribution is 0.626. The van der Waals surface area contributed by atoms with Crippen molar-refractivity contribution >= 4 is 12.6 Å². The minimum atomic E-state index is 0.306. The van der Waals surface area contributed by atoms with Crippen LogP contribution in [0.1, 0.15) is 26.7 Å². The quantitative estimate of drug-likeness (QED) is 0.498. The van der Waals surface area contributed by atoms with Crippen LogP contribution in [-0.2, 0) is 0 Å². The average molecular weight is 116 g/mol. The van der Waals surface area contributed by atoms with Gasteiger partial charge in [0.2, 0.25) is 0 Å².